The van der Waals surface area contributed by atoms with E-state index in [0.717, 1.165) is 26.1 Å². The van der Waals surface area contributed by atoms with Crippen LogP contribution < -0.4 is 5.32 Å². The quantitative estimate of drug-likeness (QED) is 0.903. The first kappa shape index (κ1) is 16.4. The second-order valence-electron chi connectivity index (χ2n) is 6.00. The van der Waals surface area contributed by atoms with E-state index in [1.54, 1.807) is 18.2 Å². The van der Waals surface area contributed by atoms with Gasteiger partial charge in [0.1, 0.15) is 11.9 Å². The summed E-state index contributed by atoms with van der Waals surface area (Å²) < 4.78 is 19.8. The van der Waals surface area contributed by atoms with Crippen LogP contribution in [0.5, 0.6) is 0 Å². The first-order chi connectivity index (χ1) is 11.3. The summed E-state index contributed by atoms with van der Waals surface area (Å²) in [7, 11) is 0. The molecular weight excluding hydrogens is 297 g/mol. The molecule has 0 bridgehead atoms. The molecule has 0 aliphatic carbocycles. The van der Waals surface area contributed by atoms with E-state index in [1.165, 1.54) is 6.07 Å². The Morgan fingerprint density at radius 2 is 1.91 bits per heavy atom. The normalized spacial score (nSPS) is 21.7. The van der Waals surface area contributed by atoms with Crippen LogP contribution in [0.4, 0.5) is 4.39 Å². The van der Waals surface area contributed by atoms with Crippen molar-refractivity contribution in [1.29, 1.82) is 0 Å². The number of hydrogen-bond acceptors (Lipinski definition) is 4. The number of carbonyl (C=O) groups is 1. The lowest BCUT2D eigenvalue weighted by atomic mass is 10.0. The monoisotopic (exact) mass is 321 g/mol. The van der Waals surface area contributed by atoms with Gasteiger partial charge in [0, 0.05) is 38.3 Å². The molecule has 2 saturated heterocycles. The van der Waals surface area contributed by atoms with E-state index in [1.807, 2.05) is 9.80 Å². The van der Waals surface area contributed by atoms with Crippen molar-refractivity contribution >= 4 is 5.91 Å². The van der Waals surface area contributed by atoms with Gasteiger partial charge in [0.25, 0.3) is 0 Å². The molecule has 2 aliphatic rings. The summed E-state index contributed by atoms with van der Waals surface area (Å²) in [6.07, 6.45) is 0.929. The van der Waals surface area contributed by atoms with Gasteiger partial charge in [-0.2, -0.15) is 0 Å². The van der Waals surface area contributed by atoms with Crippen LogP contribution in [0, 0.1) is 5.82 Å². The number of morpholine rings is 1. The standard InChI is InChI=1S/C17H24FN3O2/c18-15-5-2-1-4-14(15)16(20-10-12-23-13-11-20)17(22)21-8-3-6-19-7-9-21/h1-2,4-5,16,19H,3,6-13H2/t16-/m0/s1. The molecule has 23 heavy (non-hydrogen) atoms. The number of rotatable bonds is 3. The van der Waals surface area contributed by atoms with Gasteiger partial charge >= 0.3 is 0 Å². The van der Waals surface area contributed by atoms with Crippen molar-refractivity contribution in [3.63, 3.8) is 0 Å². The maximum absolute atomic E-state index is 14.4. The van der Waals surface area contributed by atoms with Gasteiger partial charge in [-0.1, -0.05) is 18.2 Å². The van der Waals surface area contributed by atoms with Gasteiger partial charge in [-0.15, -0.1) is 0 Å². The number of carbonyl (C=O) groups excluding carboxylic acids is 1. The zero-order valence-electron chi connectivity index (χ0n) is 13.3. The Kier molecular flexibility index (Phi) is 5.59. The first-order valence-electron chi connectivity index (χ1n) is 8.33. The number of ether oxygens (including phenoxy) is 1. The van der Waals surface area contributed by atoms with Crippen LogP contribution in [-0.2, 0) is 9.53 Å². The molecule has 1 N–H and O–H groups in total. The number of benzene rings is 1. The number of hydrogen-bond donors (Lipinski definition) is 1. The molecule has 126 valence electrons. The maximum atomic E-state index is 14.4. The van der Waals surface area contributed by atoms with Gasteiger partial charge in [0.15, 0.2) is 0 Å². The molecule has 0 aromatic heterocycles. The van der Waals surface area contributed by atoms with Crippen molar-refractivity contribution in [3.05, 3.63) is 35.6 Å². The zero-order valence-corrected chi connectivity index (χ0v) is 13.3. The molecule has 1 atom stereocenters. The van der Waals surface area contributed by atoms with Gasteiger partial charge in [-0.05, 0) is 19.0 Å². The molecule has 2 fully saturated rings. The van der Waals surface area contributed by atoms with Crippen LogP contribution >= 0.6 is 0 Å². The van der Waals surface area contributed by atoms with E-state index in [9.17, 15) is 9.18 Å². The molecule has 5 nitrogen and oxygen atoms in total. The molecule has 2 heterocycles. The number of nitrogens with one attached hydrogen (secondary N) is 1. The Morgan fingerprint density at radius 1 is 1.13 bits per heavy atom. The minimum absolute atomic E-state index is 0.000648. The topological polar surface area (TPSA) is 44.8 Å². The summed E-state index contributed by atoms with van der Waals surface area (Å²) in [5, 5.41) is 3.30. The Hall–Kier alpha value is -1.50. The molecule has 1 amide bonds. The van der Waals surface area contributed by atoms with Crippen LogP contribution in [0.15, 0.2) is 24.3 Å². The van der Waals surface area contributed by atoms with Crippen molar-refractivity contribution in [2.75, 3.05) is 52.5 Å². The van der Waals surface area contributed by atoms with Crippen molar-refractivity contribution in [2.24, 2.45) is 0 Å². The predicted molar refractivity (Wildman–Crippen MR) is 85.6 cm³/mol. The third-order valence-corrected chi connectivity index (χ3v) is 4.50. The Bertz CT molecular complexity index is 526. The molecule has 0 radical (unpaired) electrons. The van der Waals surface area contributed by atoms with E-state index < -0.39 is 6.04 Å². The predicted octanol–water partition coefficient (Wildman–Crippen LogP) is 1.02. The third-order valence-electron chi connectivity index (χ3n) is 4.50. The highest BCUT2D eigenvalue weighted by molar-refractivity contribution is 5.83. The summed E-state index contributed by atoms with van der Waals surface area (Å²) in [4.78, 5) is 17.1. The molecule has 1 aromatic carbocycles. The third kappa shape index (κ3) is 3.88. The van der Waals surface area contributed by atoms with Gasteiger partial charge in [0.2, 0.25) is 5.91 Å². The fraction of sp³-hybridized carbons (Fsp3) is 0.588. The van der Waals surface area contributed by atoms with E-state index in [2.05, 4.69) is 5.32 Å². The maximum Gasteiger partial charge on any atom is 0.244 e. The van der Waals surface area contributed by atoms with E-state index in [4.69, 9.17) is 4.74 Å². The van der Waals surface area contributed by atoms with Gasteiger partial charge in [-0.25, -0.2) is 4.39 Å². The average molecular weight is 321 g/mol. The minimum atomic E-state index is -0.557. The molecular formula is C17H24FN3O2. The van der Waals surface area contributed by atoms with E-state index >= 15 is 0 Å². The van der Waals surface area contributed by atoms with Crippen LogP contribution in [0.25, 0.3) is 0 Å². The molecule has 3 rings (SSSR count). The zero-order chi connectivity index (χ0) is 16.1. The van der Waals surface area contributed by atoms with E-state index in [-0.39, 0.29) is 11.7 Å². The molecule has 0 saturated carbocycles. The van der Waals surface area contributed by atoms with Crippen LogP contribution in [0.2, 0.25) is 0 Å². The van der Waals surface area contributed by atoms with Crippen molar-refractivity contribution < 1.29 is 13.9 Å². The van der Waals surface area contributed by atoms with Crippen LogP contribution in [0.3, 0.4) is 0 Å². The minimum Gasteiger partial charge on any atom is -0.379 e. The fourth-order valence-electron chi connectivity index (χ4n) is 3.26. The van der Waals surface area contributed by atoms with Crippen molar-refractivity contribution in [3.8, 4) is 0 Å². The average Bonchev–Trinajstić information content (AvgIpc) is 2.87. The highest BCUT2D eigenvalue weighted by Gasteiger charge is 2.34. The lowest BCUT2D eigenvalue weighted by molar-refractivity contribution is -0.139. The largest absolute Gasteiger partial charge is 0.379 e. The Balaban J connectivity index is 1.87. The Morgan fingerprint density at radius 3 is 2.70 bits per heavy atom. The molecule has 0 spiro atoms. The van der Waals surface area contributed by atoms with Crippen LogP contribution in [0.1, 0.15) is 18.0 Å². The highest BCUT2D eigenvalue weighted by Crippen LogP contribution is 2.26. The highest BCUT2D eigenvalue weighted by atomic mass is 19.1. The molecule has 2 aliphatic heterocycles. The van der Waals surface area contributed by atoms with Crippen LogP contribution in [-0.4, -0.2) is 68.2 Å². The second kappa shape index (κ2) is 7.86. The fourth-order valence-corrected chi connectivity index (χ4v) is 3.26. The first-order valence-corrected chi connectivity index (χ1v) is 8.33. The summed E-state index contributed by atoms with van der Waals surface area (Å²) in [5.74, 6) is -0.314. The van der Waals surface area contributed by atoms with E-state index in [0.29, 0.717) is 38.4 Å². The van der Waals surface area contributed by atoms with Crippen molar-refractivity contribution in [1.82, 2.24) is 15.1 Å². The summed E-state index contributed by atoms with van der Waals surface area (Å²) >= 11 is 0. The summed E-state index contributed by atoms with van der Waals surface area (Å²) in [6.45, 7) is 5.58. The summed E-state index contributed by atoms with van der Waals surface area (Å²) in [6, 6.07) is 6.06. The summed E-state index contributed by atoms with van der Waals surface area (Å²) in [5.41, 5.74) is 0.469. The van der Waals surface area contributed by atoms with Gasteiger partial charge < -0.3 is 15.0 Å². The SMILES string of the molecule is O=C([C@H](c1ccccc1F)N1CCOCC1)N1CCCNCC1. The molecule has 1 aromatic rings. The lowest BCUT2D eigenvalue weighted by Gasteiger charge is -2.36. The molecule has 0 unspecified atom stereocenters. The van der Waals surface area contributed by atoms with Gasteiger partial charge in [-0.3, -0.25) is 9.69 Å². The van der Waals surface area contributed by atoms with Crippen molar-refractivity contribution in [2.45, 2.75) is 12.5 Å². The second-order valence-corrected chi connectivity index (χ2v) is 6.00. The Labute approximate surface area is 136 Å². The lowest BCUT2D eigenvalue weighted by Crippen LogP contribution is -2.48. The number of halogens is 1. The molecule has 6 heteroatoms. The number of nitrogens with zero attached hydrogens (tertiary/aromatic N) is 2. The number of amides is 1. The smallest absolute Gasteiger partial charge is 0.244 e. The van der Waals surface area contributed by atoms with Gasteiger partial charge in [0.05, 0.1) is 13.2 Å².